The Kier molecular flexibility index (Phi) is 5.34. The van der Waals surface area contributed by atoms with Crippen LogP contribution in [0.3, 0.4) is 0 Å². The zero-order valence-corrected chi connectivity index (χ0v) is 13.3. The lowest BCUT2D eigenvalue weighted by atomic mass is 9.96. The second kappa shape index (κ2) is 7.24. The third kappa shape index (κ3) is 5.07. The van der Waals surface area contributed by atoms with Crippen molar-refractivity contribution >= 4 is 6.03 Å². The Morgan fingerprint density at radius 2 is 1.70 bits per heavy atom. The van der Waals surface area contributed by atoms with Gasteiger partial charge in [0.05, 0.1) is 6.54 Å². The molecule has 0 spiro atoms. The van der Waals surface area contributed by atoms with Gasteiger partial charge in [0.2, 0.25) is 0 Å². The predicted octanol–water partition coefficient (Wildman–Crippen LogP) is 2.84. The van der Waals surface area contributed by atoms with Gasteiger partial charge >= 0.3 is 6.03 Å². The number of aryl methyl sites for hydroxylation is 1. The summed E-state index contributed by atoms with van der Waals surface area (Å²) in [5.74, 6) is -0.367. The Morgan fingerprint density at radius 1 is 1.09 bits per heavy atom. The molecule has 4 nitrogen and oxygen atoms in total. The summed E-state index contributed by atoms with van der Waals surface area (Å²) in [5, 5.41) is 15.7. The van der Waals surface area contributed by atoms with E-state index >= 15 is 0 Å². The molecule has 0 fully saturated rings. The molecule has 0 saturated carbocycles. The van der Waals surface area contributed by atoms with E-state index in [0.29, 0.717) is 12.1 Å². The van der Waals surface area contributed by atoms with Crippen LogP contribution in [0.2, 0.25) is 0 Å². The van der Waals surface area contributed by atoms with Gasteiger partial charge in [-0.3, -0.25) is 0 Å². The number of carbonyl (C=O) groups excluding carboxylic acids is 1. The van der Waals surface area contributed by atoms with Gasteiger partial charge in [-0.25, -0.2) is 9.18 Å². The van der Waals surface area contributed by atoms with Gasteiger partial charge in [0.1, 0.15) is 11.4 Å². The van der Waals surface area contributed by atoms with Crippen molar-refractivity contribution < 1.29 is 14.3 Å². The first kappa shape index (κ1) is 17.0. The Bertz CT molecular complexity index is 652. The zero-order chi connectivity index (χ0) is 16.9. The first-order valence-corrected chi connectivity index (χ1v) is 7.42. The van der Waals surface area contributed by atoms with Gasteiger partial charge in [0.15, 0.2) is 0 Å². The molecule has 0 bridgehead atoms. The molecule has 2 rings (SSSR count). The molecule has 1 atom stereocenters. The molecule has 5 heteroatoms. The average molecular weight is 316 g/mol. The van der Waals surface area contributed by atoms with Crippen LogP contribution in [0.1, 0.15) is 23.6 Å². The number of rotatable bonds is 5. The van der Waals surface area contributed by atoms with E-state index in [1.54, 1.807) is 6.92 Å². The number of benzene rings is 2. The molecule has 2 aromatic rings. The standard InChI is InChI=1S/C18H21FN2O2/c1-13-3-5-14(6-4-13)11-20-17(22)21-12-18(2,23)15-7-9-16(19)10-8-15/h3-10,23H,11-12H2,1-2H3,(H2,20,21,22). The molecule has 0 saturated heterocycles. The van der Waals surface area contributed by atoms with Crippen molar-refractivity contribution in [3.05, 3.63) is 71.0 Å². The highest BCUT2D eigenvalue weighted by Gasteiger charge is 2.23. The van der Waals surface area contributed by atoms with E-state index in [4.69, 9.17) is 0 Å². The van der Waals surface area contributed by atoms with E-state index in [9.17, 15) is 14.3 Å². The Labute approximate surface area is 135 Å². The molecule has 1 unspecified atom stereocenters. The van der Waals surface area contributed by atoms with E-state index < -0.39 is 5.60 Å². The number of halogens is 1. The first-order valence-electron chi connectivity index (χ1n) is 7.42. The largest absolute Gasteiger partial charge is 0.384 e. The Hall–Kier alpha value is -2.40. The third-order valence-corrected chi connectivity index (χ3v) is 3.63. The van der Waals surface area contributed by atoms with Crippen LogP contribution < -0.4 is 10.6 Å². The summed E-state index contributed by atoms with van der Waals surface area (Å²) in [6, 6.07) is 13.1. The molecule has 3 N–H and O–H groups in total. The molecular formula is C18H21FN2O2. The maximum absolute atomic E-state index is 12.9. The van der Waals surface area contributed by atoms with Crippen molar-refractivity contribution in [2.24, 2.45) is 0 Å². The number of carbonyl (C=O) groups is 1. The van der Waals surface area contributed by atoms with E-state index in [1.165, 1.54) is 24.3 Å². The van der Waals surface area contributed by atoms with Gasteiger partial charge in [-0.15, -0.1) is 0 Å². The molecule has 0 aromatic heterocycles. The summed E-state index contributed by atoms with van der Waals surface area (Å²) in [7, 11) is 0. The lowest BCUT2D eigenvalue weighted by Crippen LogP contribution is -2.43. The monoisotopic (exact) mass is 316 g/mol. The maximum atomic E-state index is 12.9. The number of amides is 2. The number of hydrogen-bond donors (Lipinski definition) is 3. The van der Waals surface area contributed by atoms with Gasteiger partial charge in [-0.1, -0.05) is 42.0 Å². The van der Waals surface area contributed by atoms with Crippen LogP contribution in [0.5, 0.6) is 0 Å². The maximum Gasteiger partial charge on any atom is 0.315 e. The molecule has 0 aliphatic rings. The molecule has 0 aliphatic carbocycles. The van der Waals surface area contributed by atoms with Crippen molar-refractivity contribution in [1.82, 2.24) is 10.6 Å². The summed E-state index contributed by atoms with van der Waals surface area (Å²) >= 11 is 0. The van der Waals surface area contributed by atoms with Crippen LogP contribution in [0.4, 0.5) is 9.18 Å². The second-order valence-electron chi connectivity index (χ2n) is 5.80. The van der Waals surface area contributed by atoms with Crippen molar-refractivity contribution in [2.45, 2.75) is 26.0 Å². The molecule has 2 amide bonds. The minimum atomic E-state index is -1.27. The number of urea groups is 1. The smallest absolute Gasteiger partial charge is 0.315 e. The zero-order valence-electron chi connectivity index (χ0n) is 13.3. The second-order valence-corrected chi connectivity index (χ2v) is 5.80. The lowest BCUT2D eigenvalue weighted by molar-refractivity contribution is 0.0593. The number of hydrogen-bond acceptors (Lipinski definition) is 2. The van der Waals surface area contributed by atoms with Crippen molar-refractivity contribution in [3.63, 3.8) is 0 Å². The SMILES string of the molecule is Cc1ccc(CNC(=O)NCC(C)(O)c2ccc(F)cc2)cc1. The highest BCUT2D eigenvalue weighted by atomic mass is 19.1. The fourth-order valence-electron chi connectivity index (χ4n) is 2.11. The van der Waals surface area contributed by atoms with Crippen LogP contribution in [0, 0.1) is 12.7 Å². The van der Waals surface area contributed by atoms with E-state index in [-0.39, 0.29) is 18.4 Å². The molecule has 0 heterocycles. The molecule has 0 aliphatic heterocycles. The van der Waals surface area contributed by atoms with Crippen molar-refractivity contribution in [3.8, 4) is 0 Å². The van der Waals surface area contributed by atoms with Crippen molar-refractivity contribution in [1.29, 1.82) is 0 Å². The summed E-state index contributed by atoms with van der Waals surface area (Å²) in [5.41, 5.74) is 1.43. The van der Waals surface area contributed by atoms with Crippen LogP contribution in [-0.4, -0.2) is 17.7 Å². The fourth-order valence-corrected chi connectivity index (χ4v) is 2.11. The van der Waals surface area contributed by atoms with E-state index in [0.717, 1.165) is 11.1 Å². The Balaban J connectivity index is 1.83. The minimum absolute atomic E-state index is 0.0262. The quantitative estimate of drug-likeness (QED) is 0.794. The van der Waals surface area contributed by atoms with Gasteiger partial charge in [-0.05, 0) is 37.1 Å². The lowest BCUT2D eigenvalue weighted by Gasteiger charge is -2.24. The summed E-state index contributed by atoms with van der Waals surface area (Å²) < 4.78 is 12.9. The van der Waals surface area contributed by atoms with Crippen molar-refractivity contribution in [2.75, 3.05) is 6.54 Å². The molecule has 2 aromatic carbocycles. The number of aliphatic hydroxyl groups is 1. The minimum Gasteiger partial charge on any atom is -0.384 e. The number of nitrogens with one attached hydrogen (secondary N) is 2. The van der Waals surface area contributed by atoms with Gasteiger partial charge in [-0.2, -0.15) is 0 Å². The van der Waals surface area contributed by atoms with E-state index in [2.05, 4.69) is 10.6 Å². The van der Waals surface area contributed by atoms with E-state index in [1.807, 2.05) is 31.2 Å². The van der Waals surface area contributed by atoms with Crippen LogP contribution in [0.15, 0.2) is 48.5 Å². The van der Waals surface area contributed by atoms with Crippen LogP contribution >= 0.6 is 0 Å². The molecule has 23 heavy (non-hydrogen) atoms. The van der Waals surface area contributed by atoms with Gasteiger partial charge in [0.25, 0.3) is 0 Å². The predicted molar refractivity (Wildman–Crippen MR) is 87.4 cm³/mol. The van der Waals surface area contributed by atoms with Crippen LogP contribution in [-0.2, 0) is 12.1 Å². The van der Waals surface area contributed by atoms with Gasteiger partial charge < -0.3 is 15.7 Å². The summed E-state index contributed by atoms with van der Waals surface area (Å²) in [6.07, 6.45) is 0. The highest BCUT2D eigenvalue weighted by Crippen LogP contribution is 2.19. The third-order valence-electron chi connectivity index (χ3n) is 3.63. The molecule has 0 radical (unpaired) electrons. The van der Waals surface area contributed by atoms with Gasteiger partial charge in [0, 0.05) is 6.54 Å². The Morgan fingerprint density at radius 3 is 2.30 bits per heavy atom. The molecule has 122 valence electrons. The topological polar surface area (TPSA) is 61.4 Å². The summed E-state index contributed by atoms with van der Waals surface area (Å²) in [6.45, 7) is 4.01. The first-order chi connectivity index (χ1) is 10.9. The summed E-state index contributed by atoms with van der Waals surface area (Å²) in [4.78, 5) is 11.8. The molecular weight excluding hydrogens is 295 g/mol. The highest BCUT2D eigenvalue weighted by molar-refractivity contribution is 5.73. The normalized spacial score (nSPS) is 13.2. The fraction of sp³-hybridized carbons (Fsp3) is 0.278. The average Bonchev–Trinajstić information content (AvgIpc) is 2.53. The van der Waals surface area contributed by atoms with Crippen LogP contribution in [0.25, 0.3) is 0 Å².